The summed E-state index contributed by atoms with van der Waals surface area (Å²) in [6.07, 6.45) is 3.77. The average Bonchev–Trinajstić information content (AvgIpc) is 3.10. The summed E-state index contributed by atoms with van der Waals surface area (Å²) in [6.45, 7) is 9.62. The molecule has 0 aliphatic carbocycles. The predicted molar refractivity (Wildman–Crippen MR) is 108 cm³/mol. The Morgan fingerprint density at radius 3 is 2.68 bits per heavy atom. The summed E-state index contributed by atoms with van der Waals surface area (Å²) < 4.78 is 7.39. The Kier molecular flexibility index (Phi) is 5.78. The molecule has 1 saturated heterocycles. The predicted octanol–water partition coefficient (Wildman–Crippen LogP) is 2.32. The number of rotatable bonds is 5. The van der Waals surface area contributed by atoms with Gasteiger partial charge in [0.25, 0.3) is 5.91 Å². The number of morpholine rings is 1. The summed E-state index contributed by atoms with van der Waals surface area (Å²) in [6, 6.07) is 6.70. The van der Waals surface area contributed by atoms with Crippen LogP contribution in [0.4, 0.5) is 0 Å². The molecule has 1 fully saturated rings. The first-order chi connectivity index (χ1) is 13.6. The average molecular weight is 383 g/mol. The van der Waals surface area contributed by atoms with E-state index in [0.717, 1.165) is 43.7 Å². The van der Waals surface area contributed by atoms with E-state index in [-0.39, 0.29) is 5.91 Å². The van der Waals surface area contributed by atoms with Gasteiger partial charge in [0, 0.05) is 26.2 Å². The zero-order valence-electron chi connectivity index (χ0n) is 16.9. The number of hydrogen-bond acceptors (Lipinski definition) is 4. The number of aromatic nitrogens is 2. The van der Waals surface area contributed by atoms with E-state index < -0.39 is 0 Å². The molecule has 3 heterocycles. The molecule has 0 saturated carbocycles. The molecule has 2 aromatic rings. The van der Waals surface area contributed by atoms with Gasteiger partial charge in [-0.1, -0.05) is 29.3 Å². The van der Waals surface area contributed by atoms with Crippen molar-refractivity contribution in [3.05, 3.63) is 52.3 Å². The topological polar surface area (TPSA) is 59.4 Å². The van der Waals surface area contributed by atoms with Gasteiger partial charge < -0.3 is 15.0 Å². The van der Waals surface area contributed by atoms with E-state index in [0.29, 0.717) is 32.2 Å². The molecule has 6 heteroatoms. The summed E-state index contributed by atoms with van der Waals surface area (Å²) in [4.78, 5) is 14.8. The molecule has 2 aliphatic rings. The Hall–Kier alpha value is -2.18. The van der Waals surface area contributed by atoms with Crippen molar-refractivity contribution in [2.75, 3.05) is 32.8 Å². The van der Waals surface area contributed by atoms with Gasteiger partial charge in [0.2, 0.25) is 0 Å². The van der Waals surface area contributed by atoms with Crippen LogP contribution in [0.1, 0.15) is 39.2 Å². The second-order valence-corrected chi connectivity index (χ2v) is 8.12. The van der Waals surface area contributed by atoms with E-state index in [4.69, 9.17) is 4.74 Å². The second kappa shape index (κ2) is 8.45. The lowest BCUT2D eigenvalue weighted by molar-refractivity contribution is 0.0301. The fourth-order valence-electron chi connectivity index (χ4n) is 4.38. The van der Waals surface area contributed by atoms with Crippen LogP contribution in [0.25, 0.3) is 0 Å². The molecule has 1 atom stereocenters. The molecular formula is C22H30N4O2. The molecule has 28 heavy (non-hydrogen) atoms. The number of carbonyl (C=O) groups excluding carboxylic acids is 1. The lowest BCUT2D eigenvalue weighted by Crippen LogP contribution is -2.41. The van der Waals surface area contributed by atoms with Crippen molar-refractivity contribution in [3.8, 4) is 0 Å². The highest BCUT2D eigenvalue weighted by Gasteiger charge is 2.28. The summed E-state index contributed by atoms with van der Waals surface area (Å²) in [5.41, 5.74) is 5.83. The number of aryl methyl sites for hydroxylation is 3. The third-order valence-electron chi connectivity index (χ3n) is 5.75. The first-order valence-corrected chi connectivity index (χ1v) is 10.3. The molecule has 150 valence electrons. The van der Waals surface area contributed by atoms with Crippen molar-refractivity contribution in [1.29, 1.82) is 0 Å². The van der Waals surface area contributed by atoms with Gasteiger partial charge in [-0.2, -0.15) is 5.10 Å². The highest BCUT2D eigenvalue weighted by molar-refractivity contribution is 5.95. The van der Waals surface area contributed by atoms with E-state index in [1.54, 1.807) is 6.20 Å². The Bertz CT molecular complexity index is 819. The standard InChI is InChI=1S/C22H30N4O2/c1-16-9-17(2)11-19(10-16)14-23-13-18-3-4-26-21(12-18)20(15-24-26)22(27)25-5-7-28-8-6-25/h9-11,15,18,23H,3-8,12-14H2,1-2H3. The van der Waals surface area contributed by atoms with Crippen molar-refractivity contribution in [2.24, 2.45) is 5.92 Å². The molecule has 1 aromatic carbocycles. The number of nitrogens with zero attached hydrogens (tertiary/aromatic N) is 3. The van der Waals surface area contributed by atoms with Crippen LogP contribution in [-0.4, -0.2) is 53.4 Å². The van der Waals surface area contributed by atoms with Gasteiger partial charge in [-0.05, 0) is 44.7 Å². The zero-order valence-corrected chi connectivity index (χ0v) is 16.9. The smallest absolute Gasteiger partial charge is 0.257 e. The number of amides is 1. The molecule has 0 radical (unpaired) electrons. The molecule has 6 nitrogen and oxygen atoms in total. The summed E-state index contributed by atoms with van der Waals surface area (Å²) in [5, 5.41) is 8.09. The van der Waals surface area contributed by atoms with Crippen LogP contribution < -0.4 is 5.32 Å². The number of ether oxygens (including phenoxy) is 1. The monoisotopic (exact) mass is 382 g/mol. The minimum atomic E-state index is 0.105. The second-order valence-electron chi connectivity index (χ2n) is 8.12. The number of hydrogen-bond donors (Lipinski definition) is 1. The SMILES string of the molecule is Cc1cc(C)cc(CNCC2CCn3ncc(C(=O)N4CCOCC4)c3C2)c1. The molecule has 2 aliphatic heterocycles. The maximum absolute atomic E-state index is 12.9. The molecule has 1 amide bonds. The Labute approximate surface area is 166 Å². The molecule has 0 bridgehead atoms. The summed E-state index contributed by atoms with van der Waals surface area (Å²) in [5.74, 6) is 0.639. The van der Waals surface area contributed by atoms with E-state index in [1.807, 2.05) is 9.58 Å². The van der Waals surface area contributed by atoms with Gasteiger partial charge >= 0.3 is 0 Å². The van der Waals surface area contributed by atoms with Crippen LogP contribution >= 0.6 is 0 Å². The minimum absolute atomic E-state index is 0.105. The van der Waals surface area contributed by atoms with Crippen molar-refractivity contribution in [3.63, 3.8) is 0 Å². The van der Waals surface area contributed by atoms with Crippen LogP contribution in [0.5, 0.6) is 0 Å². The Morgan fingerprint density at radius 2 is 1.93 bits per heavy atom. The Balaban J connectivity index is 1.36. The number of nitrogens with one attached hydrogen (secondary N) is 1. The quantitative estimate of drug-likeness (QED) is 0.862. The van der Waals surface area contributed by atoms with E-state index in [1.165, 1.54) is 16.7 Å². The van der Waals surface area contributed by atoms with Gasteiger partial charge in [-0.25, -0.2) is 0 Å². The van der Waals surface area contributed by atoms with E-state index in [9.17, 15) is 4.79 Å². The first kappa shape index (κ1) is 19.2. The van der Waals surface area contributed by atoms with Gasteiger partial charge in [0.05, 0.1) is 30.7 Å². The fourth-order valence-corrected chi connectivity index (χ4v) is 4.38. The van der Waals surface area contributed by atoms with Gasteiger partial charge in [-0.3, -0.25) is 9.48 Å². The summed E-state index contributed by atoms with van der Waals surface area (Å²) >= 11 is 0. The lowest BCUT2D eigenvalue weighted by atomic mass is 9.94. The molecular weight excluding hydrogens is 352 g/mol. The third kappa shape index (κ3) is 4.28. The maximum Gasteiger partial charge on any atom is 0.257 e. The normalized spacial score (nSPS) is 19.5. The van der Waals surface area contributed by atoms with E-state index >= 15 is 0 Å². The first-order valence-electron chi connectivity index (χ1n) is 10.3. The van der Waals surface area contributed by atoms with Crippen LogP contribution in [-0.2, 0) is 24.2 Å². The lowest BCUT2D eigenvalue weighted by Gasteiger charge is -2.28. The molecule has 0 spiro atoms. The fraction of sp³-hybridized carbons (Fsp3) is 0.545. The van der Waals surface area contributed by atoms with Crippen LogP contribution in [0, 0.1) is 19.8 Å². The molecule has 1 unspecified atom stereocenters. The highest BCUT2D eigenvalue weighted by atomic mass is 16.5. The van der Waals surface area contributed by atoms with Crippen LogP contribution in [0.15, 0.2) is 24.4 Å². The number of carbonyl (C=O) groups is 1. The van der Waals surface area contributed by atoms with Crippen molar-refractivity contribution >= 4 is 5.91 Å². The van der Waals surface area contributed by atoms with Crippen molar-refractivity contribution < 1.29 is 9.53 Å². The van der Waals surface area contributed by atoms with Crippen molar-refractivity contribution in [2.45, 2.75) is 39.8 Å². The van der Waals surface area contributed by atoms with Crippen molar-refractivity contribution in [1.82, 2.24) is 20.0 Å². The van der Waals surface area contributed by atoms with E-state index in [2.05, 4.69) is 42.5 Å². The summed E-state index contributed by atoms with van der Waals surface area (Å²) in [7, 11) is 0. The van der Waals surface area contributed by atoms with Gasteiger partial charge in [0.15, 0.2) is 0 Å². The van der Waals surface area contributed by atoms with Crippen LogP contribution in [0.3, 0.4) is 0 Å². The molecule has 1 aromatic heterocycles. The highest BCUT2D eigenvalue weighted by Crippen LogP contribution is 2.24. The third-order valence-corrected chi connectivity index (χ3v) is 5.75. The van der Waals surface area contributed by atoms with Gasteiger partial charge in [-0.15, -0.1) is 0 Å². The minimum Gasteiger partial charge on any atom is -0.378 e. The molecule has 1 N–H and O–H groups in total. The van der Waals surface area contributed by atoms with Crippen LogP contribution in [0.2, 0.25) is 0 Å². The largest absolute Gasteiger partial charge is 0.378 e. The zero-order chi connectivity index (χ0) is 19.5. The molecule has 4 rings (SSSR count). The number of fused-ring (bicyclic) bond motifs is 1. The van der Waals surface area contributed by atoms with Gasteiger partial charge in [0.1, 0.15) is 0 Å². The Morgan fingerprint density at radius 1 is 1.18 bits per heavy atom. The maximum atomic E-state index is 12.9. The number of benzene rings is 1.